The second-order valence-corrected chi connectivity index (χ2v) is 17.7. The molecular weight excluding hydrogens is 1030 g/mol. The molecule has 6 heteroatoms. The van der Waals surface area contributed by atoms with Gasteiger partial charge in [-0.05, 0) is 145 Å². The quantitative estimate of drug-likeness (QED) is 0.163. The molecule has 452 valence electrons. The van der Waals surface area contributed by atoms with E-state index in [0.29, 0.717) is 13.4 Å². The summed E-state index contributed by atoms with van der Waals surface area (Å²) in [4.78, 5) is 9.98. The summed E-state index contributed by atoms with van der Waals surface area (Å²) in [6.07, 6.45) is 7.12. The number of anilines is 10. The van der Waals surface area contributed by atoms with Gasteiger partial charge in [-0.15, -0.1) is 0 Å². The van der Waals surface area contributed by atoms with Gasteiger partial charge >= 0.3 is 0 Å². The molecule has 0 saturated carbocycles. The standard InChI is InChI=1S/2C29H23BN2.10C2H6.CH4/c2*1-3-11-21(12-4-1)31-25-17-8-7-15-23(25)30-24-16-9-18-26(24)32(22-13-5-2-6-14-22)28-20-10-19-27(31)29(28)30;10*1-2;/h2*1-8,10-15,17,19-20H,9,16,18H2;10*1-2H3;1H4. The van der Waals surface area contributed by atoms with E-state index in [0.717, 1.165) is 12.8 Å². The SMILES string of the molecule is C.CC.CC.CC.CC.CC.CC.CC.CC.CC.CC.c1ccc(N2C3=C(CCC3)B3c4ccccc4N(c4ccccc4)c4cccc2c43)cc1.c1ccc(N2C3=C(CCC3)B3c4ccccc4N(c4ccccc4)c4cccc2c43)cc1. The maximum Gasteiger partial charge on any atom is 0.247 e. The highest BCUT2D eigenvalue weighted by Crippen LogP contribution is 2.49. The van der Waals surface area contributed by atoms with Gasteiger partial charge in [-0.1, -0.05) is 278 Å². The maximum atomic E-state index is 2.54. The molecular formula is C79H110B2N4. The number of fused-ring (bicyclic) bond motifs is 6. The fourth-order valence-electron chi connectivity index (χ4n) is 12.0. The molecule has 0 atom stereocenters. The highest BCUT2D eigenvalue weighted by molar-refractivity contribution is 6.96. The van der Waals surface area contributed by atoms with Gasteiger partial charge in [-0.2, -0.15) is 0 Å². The van der Waals surface area contributed by atoms with Crippen LogP contribution in [-0.2, 0) is 0 Å². The number of hydrogen-bond acceptors (Lipinski definition) is 4. The second kappa shape index (κ2) is 40.0. The molecule has 0 bridgehead atoms. The van der Waals surface area contributed by atoms with E-state index in [4.69, 9.17) is 0 Å². The molecule has 14 rings (SSSR count). The zero-order valence-electron chi connectivity index (χ0n) is 55.8. The van der Waals surface area contributed by atoms with Crippen LogP contribution in [0, 0.1) is 0 Å². The van der Waals surface area contributed by atoms with E-state index in [1.54, 1.807) is 10.9 Å². The van der Waals surface area contributed by atoms with Crippen molar-refractivity contribution in [1.29, 1.82) is 0 Å². The van der Waals surface area contributed by atoms with Crippen molar-refractivity contribution >= 4 is 92.2 Å². The summed E-state index contributed by atoms with van der Waals surface area (Å²) in [7, 11) is 0. The highest BCUT2D eigenvalue weighted by Gasteiger charge is 2.46. The molecule has 0 saturated heterocycles. The van der Waals surface area contributed by atoms with Crippen molar-refractivity contribution in [3.63, 3.8) is 0 Å². The van der Waals surface area contributed by atoms with E-state index in [-0.39, 0.29) is 7.43 Å². The number of benzene rings is 8. The van der Waals surface area contributed by atoms with Gasteiger partial charge < -0.3 is 19.6 Å². The largest absolute Gasteiger partial charge is 0.315 e. The molecule has 0 radical (unpaired) electrons. The molecule has 4 aliphatic heterocycles. The zero-order chi connectivity index (χ0) is 62.1. The van der Waals surface area contributed by atoms with Crippen LogP contribution in [0.3, 0.4) is 0 Å². The molecule has 0 aromatic heterocycles. The Morgan fingerprint density at radius 2 is 0.459 bits per heavy atom. The second-order valence-electron chi connectivity index (χ2n) is 17.7. The van der Waals surface area contributed by atoms with E-state index < -0.39 is 0 Å². The predicted molar refractivity (Wildman–Crippen MR) is 391 cm³/mol. The summed E-state index contributed by atoms with van der Waals surface area (Å²) >= 11 is 0. The van der Waals surface area contributed by atoms with Crippen molar-refractivity contribution in [2.24, 2.45) is 0 Å². The van der Waals surface area contributed by atoms with Crippen LogP contribution in [0.2, 0.25) is 0 Å². The average molecular weight is 1140 g/mol. The van der Waals surface area contributed by atoms with Crippen molar-refractivity contribution in [3.8, 4) is 0 Å². The zero-order valence-corrected chi connectivity index (χ0v) is 55.8. The minimum absolute atomic E-state index is 0. The summed E-state index contributed by atoms with van der Waals surface area (Å²) in [6.45, 7) is 40.7. The molecule has 4 nitrogen and oxygen atoms in total. The van der Waals surface area contributed by atoms with Crippen molar-refractivity contribution < 1.29 is 0 Å². The number of nitrogens with zero attached hydrogens (tertiary/aromatic N) is 4. The molecule has 85 heavy (non-hydrogen) atoms. The number of hydrogen-bond donors (Lipinski definition) is 0. The molecule has 4 heterocycles. The third kappa shape index (κ3) is 15.3. The monoisotopic (exact) mass is 1140 g/mol. The fraction of sp³-hybridized carbons (Fsp3) is 0.342. The van der Waals surface area contributed by atoms with Crippen LogP contribution in [0.25, 0.3) is 0 Å². The van der Waals surface area contributed by atoms with Crippen LogP contribution in [-0.4, -0.2) is 13.4 Å². The average Bonchev–Trinajstić information content (AvgIpc) is 3.70. The minimum Gasteiger partial charge on any atom is -0.315 e. The maximum absolute atomic E-state index is 2.54. The third-order valence-corrected chi connectivity index (χ3v) is 14.4. The van der Waals surface area contributed by atoms with Gasteiger partial charge in [0.15, 0.2) is 0 Å². The van der Waals surface area contributed by atoms with Crippen LogP contribution >= 0.6 is 0 Å². The van der Waals surface area contributed by atoms with Crippen LogP contribution < -0.4 is 41.5 Å². The Labute approximate surface area is 521 Å². The first-order valence-corrected chi connectivity index (χ1v) is 33.1. The summed E-state index contributed by atoms with van der Waals surface area (Å²) in [6, 6.07) is 75.1. The predicted octanol–water partition coefficient (Wildman–Crippen LogP) is 23.3. The van der Waals surface area contributed by atoms with E-state index in [9.17, 15) is 0 Å². The van der Waals surface area contributed by atoms with Crippen molar-refractivity contribution in [2.45, 2.75) is 184 Å². The number of para-hydroxylation sites is 6. The molecule has 0 unspecified atom stereocenters. The van der Waals surface area contributed by atoms with E-state index in [1.165, 1.54) is 116 Å². The molecule has 0 spiro atoms. The first-order chi connectivity index (χ1) is 41.8. The Morgan fingerprint density at radius 3 is 0.741 bits per heavy atom. The van der Waals surface area contributed by atoms with E-state index >= 15 is 0 Å². The van der Waals surface area contributed by atoms with Gasteiger partial charge in [0, 0.05) is 68.3 Å². The fourth-order valence-corrected chi connectivity index (χ4v) is 12.0. The van der Waals surface area contributed by atoms with E-state index in [1.807, 2.05) is 138 Å². The van der Waals surface area contributed by atoms with Crippen molar-refractivity contribution in [3.05, 3.63) is 229 Å². The molecule has 8 aromatic rings. The lowest BCUT2D eigenvalue weighted by atomic mass is 9.33. The van der Waals surface area contributed by atoms with Crippen molar-refractivity contribution in [1.82, 2.24) is 0 Å². The van der Waals surface area contributed by atoms with Crippen LogP contribution in [0.4, 0.5) is 56.9 Å². The third-order valence-electron chi connectivity index (χ3n) is 14.4. The summed E-state index contributed by atoms with van der Waals surface area (Å²) in [5.41, 5.74) is 24.8. The normalized spacial score (nSPS) is 12.8. The van der Waals surface area contributed by atoms with Gasteiger partial charge in [0.2, 0.25) is 13.4 Å². The van der Waals surface area contributed by atoms with Crippen LogP contribution in [0.1, 0.15) is 184 Å². The summed E-state index contributed by atoms with van der Waals surface area (Å²) in [5, 5.41) is 0. The van der Waals surface area contributed by atoms with E-state index in [2.05, 4.69) is 226 Å². The van der Waals surface area contributed by atoms with Gasteiger partial charge in [-0.3, -0.25) is 0 Å². The molecule has 0 amide bonds. The van der Waals surface area contributed by atoms with Crippen LogP contribution in [0.15, 0.2) is 229 Å². The molecule has 0 N–H and O–H groups in total. The highest BCUT2D eigenvalue weighted by atomic mass is 15.2. The van der Waals surface area contributed by atoms with Crippen LogP contribution in [0.5, 0.6) is 0 Å². The Bertz CT molecular complexity index is 2940. The van der Waals surface area contributed by atoms with Gasteiger partial charge in [-0.25, -0.2) is 0 Å². The lowest BCUT2D eigenvalue weighted by molar-refractivity contribution is 0.889. The lowest BCUT2D eigenvalue weighted by Crippen LogP contribution is -2.55. The molecule has 2 aliphatic carbocycles. The minimum atomic E-state index is 0. The van der Waals surface area contributed by atoms with Gasteiger partial charge in [0.05, 0.1) is 0 Å². The summed E-state index contributed by atoms with van der Waals surface area (Å²) < 4.78 is 0. The lowest BCUT2D eigenvalue weighted by Gasteiger charge is -2.44. The Hall–Kier alpha value is -7.43. The first-order valence-electron chi connectivity index (χ1n) is 33.1. The Balaban J connectivity index is 0.000000446. The number of allylic oxidation sites excluding steroid dienone is 4. The smallest absolute Gasteiger partial charge is 0.247 e. The van der Waals surface area contributed by atoms with Gasteiger partial charge in [0.25, 0.3) is 0 Å². The first kappa shape index (κ1) is 73.7. The Kier molecular flexibility index (Phi) is 34.7. The van der Waals surface area contributed by atoms with Crippen molar-refractivity contribution in [2.75, 3.05) is 19.6 Å². The number of rotatable bonds is 4. The Morgan fingerprint density at radius 1 is 0.235 bits per heavy atom. The molecule has 6 aliphatic rings. The molecule has 8 aromatic carbocycles. The topological polar surface area (TPSA) is 13.0 Å². The van der Waals surface area contributed by atoms with Gasteiger partial charge in [0.1, 0.15) is 0 Å². The summed E-state index contributed by atoms with van der Waals surface area (Å²) in [5.74, 6) is 0. The molecule has 0 fully saturated rings.